The summed E-state index contributed by atoms with van der Waals surface area (Å²) >= 11 is 0. The van der Waals surface area contributed by atoms with E-state index in [1.807, 2.05) is 6.20 Å². The highest BCUT2D eigenvalue weighted by atomic mass is 16.5. The maximum Gasteiger partial charge on any atom is 0.137 e. The van der Waals surface area contributed by atoms with E-state index in [9.17, 15) is 0 Å². The number of rotatable bonds is 6. The summed E-state index contributed by atoms with van der Waals surface area (Å²) in [5.41, 5.74) is 18.0. The van der Waals surface area contributed by atoms with Crippen molar-refractivity contribution in [2.75, 3.05) is 16.5 Å². The summed E-state index contributed by atoms with van der Waals surface area (Å²) in [5, 5.41) is 2.34. The largest absolute Gasteiger partial charge is 0.457 e. The summed E-state index contributed by atoms with van der Waals surface area (Å²) in [4.78, 5) is 10.2. The monoisotopic (exact) mass is 940 g/mol. The van der Waals surface area contributed by atoms with Crippen LogP contribution in [0.5, 0.6) is 11.5 Å². The van der Waals surface area contributed by atoms with Gasteiger partial charge in [-0.25, -0.2) is 4.98 Å². The number of para-hydroxylation sites is 3. The highest BCUT2D eigenvalue weighted by Gasteiger charge is 2.66. The molecule has 11 aromatic rings. The SMILES string of the molecule is CC(C)(C)c1ccnc(-n2c3ccccc3c3ccc(Oc4cccc(N5CN(C67c8ccccc8C(c8ccccc8)(c8ccccc86)C6c8ccccc8C7c7ccccc76)c6ccccc65)c4)cc32)c1. The van der Waals surface area contributed by atoms with Gasteiger partial charge in [-0.2, -0.15) is 0 Å². The summed E-state index contributed by atoms with van der Waals surface area (Å²) in [6.07, 6.45) is 1.93. The second-order valence-electron chi connectivity index (χ2n) is 21.4. The lowest BCUT2D eigenvalue weighted by molar-refractivity contribution is 0.345. The molecule has 5 heteroatoms. The van der Waals surface area contributed by atoms with Crippen molar-refractivity contribution in [1.29, 1.82) is 0 Å². The minimum Gasteiger partial charge on any atom is -0.457 e. The van der Waals surface area contributed by atoms with Gasteiger partial charge in [0, 0.05) is 46.6 Å². The molecule has 5 nitrogen and oxygen atoms in total. The molecule has 0 radical (unpaired) electrons. The third-order valence-corrected chi connectivity index (χ3v) is 16.9. The van der Waals surface area contributed by atoms with Crippen LogP contribution >= 0.6 is 0 Å². The van der Waals surface area contributed by atoms with Crippen LogP contribution in [-0.2, 0) is 16.4 Å². The van der Waals surface area contributed by atoms with Gasteiger partial charge in [0.25, 0.3) is 0 Å². The predicted octanol–water partition coefficient (Wildman–Crippen LogP) is 16.1. The zero-order chi connectivity index (χ0) is 48.6. The maximum absolute atomic E-state index is 6.95. The van der Waals surface area contributed by atoms with Crippen LogP contribution in [0.2, 0.25) is 0 Å². The molecule has 0 amide bonds. The fourth-order valence-electron chi connectivity index (χ4n) is 14.0. The molecule has 9 aromatic carbocycles. The normalized spacial score (nSPS) is 20.0. The molecule has 0 saturated heterocycles. The van der Waals surface area contributed by atoms with Crippen molar-refractivity contribution in [3.8, 4) is 17.3 Å². The van der Waals surface area contributed by atoms with Gasteiger partial charge in [0.2, 0.25) is 0 Å². The quantitative estimate of drug-likeness (QED) is 0.166. The molecule has 0 N–H and O–H groups in total. The highest BCUT2D eigenvalue weighted by molar-refractivity contribution is 6.09. The summed E-state index contributed by atoms with van der Waals surface area (Å²) in [6.45, 7) is 7.36. The Kier molecular flexibility index (Phi) is 8.88. The Bertz CT molecular complexity index is 3940. The topological polar surface area (TPSA) is 33.5 Å². The molecule has 6 aliphatic carbocycles. The third kappa shape index (κ3) is 5.71. The average Bonchev–Trinajstić information content (AvgIpc) is 4.00. The Labute approximate surface area is 426 Å². The number of benzene rings is 9. The number of pyridine rings is 1. The smallest absolute Gasteiger partial charge is 0.137 e. The summed E-state index contributed by atoms with van der Waals surface area (Å²) < 4.78 is 9.23. The van der Waals surface area contributed by atoms with Gasteiger partial charge in [0.1, 0.15) is 22.9 Å². The Morgan fingerprint density at radius 3 is 1.75 bits per heavy atom. The Balaban J connectivity index is 0.903. The summed E-state index contributed by atoms with van der Waals surface area (Å²) in [6, 6.07) is 86.2. The van der Waals surface area contributed by atoms with Crippen molar-refractivity contribution in [3.05, 3.63) is 292 Å². The number of anilines is 3. The first-order valence-corrected chi connectivity index (χ1v) is 25.7. The lowest BCUT2D eigenvalue weighted by Crippen LogP contribution is -2.61. The van der Waals surface area contributed by atoms with Crippen LogP contribution in [0.3, 0.4) is 0 Å². The number of nitrogens with zero attached hydrogens (tertiary/aromatic N) is 4. The molecular weight excluding hydrogens is 889 g/mol. The van der Waals surface area contributed by atoms with Crippen LogP contribution in [0, 0.1) is 0 Å². The Morgan fingerprint density at radius 1 is 0.479 bits per heavy atom. The molecule has 0 fully saturated rings. The molecular formula is C68H52N4O. The maximum atomic E-state index is 6.95. The molecule has 0 saturated carbocycles. The van der Waals surface area contributed by atoms with Gasteiger partial charge in [-0.3, -0.25) is 4.57 Å². The molecule has 0 spiro atoms. The second-order valence-corrected chi connectivity index (χ2v) is 21.4. The van der Waals surface area contributed by atoms with E-state index in [1.165, 1.54) is 66.7 Å². The van der Waals surface area contributed by atoms with Crippen LogP contribution in [-0.4, -0.2) is 16.2 Å². The number of ether oxygens (including phenoxy) is 1. The Hall–Kier alpha value is -8.67. The fourth-order valence-corrected chi connectivity index (χ4v) is 14.0. The summed E-state index contributed by atoms with van der Waals surface area (Å²) in [7, 11) is 0. The summed E-state index contributed by atoms with van der Waals surface area (Å²) in [5.74, 6) is 2.45. The van der Waals surface area contributed by atoms with Crippen molar-refractivity contribution in [2.24, 2.45) is 0 Å². The van der Waals surface area contributed by atoms with Crippen molar-refractivity contribution < 1.29 is 4.74 Å². The minimum absolute atomic E-state index is 0.0204. The molecule has 3 heterocycles. The standard InChI is InChI=1S/C68H52N4O/c1-66(2,3)45-38-39-69-63(40-45)72-59-33-16-11-24-49(59)50-37-36-48(42-62(50)72)73-47-23-19-22-46(41-47)70-43-71(61-35-18-17-34-60(61)70)68-57-31-14-12-29-55(57)67(44-20-5-4-6-21-44,56-30-13-15-32-58(56)68)64-51-25-7-9-27-53(51)65(68)54-28-10-8-26-52(54)64/h4-42,64-65H,43H2,1-3H3. The van der Waals surface area contributed by atoms with E-state index in [4.69, 9.17) is 9.72 Å². The van der Waals surface area contributed by atoms with Crippen LogP contribution in [0.15, 0.2) is 237 Å². The first kappa shape index (κ1) is 42.1. The number of hydrogen-bond acceptors (Lipinski definition) is 4. The molecule has 2 aromatic heterocycles. The van der Waals surface area contributed by atoms with Crippen molar-refractivity contribution in [3.63, 3.8) is 0 Å². The lowest BCUT2D eigenvalue weighted by Gasteiger charge is -2.63. The van der Waals surface area contributed by atoms with Crippen molar-refractivity contribution in [2.45, 2.75) is 49.0 Å². The van der Waals surface area contributed by atoms with E-state index < -0.39 is 11.0 Å². The molecule has 73 heavy (non-hydrogen) atoms. The molecule has 350 valence electrons. The van der Waals surface area contributed by atoms with Gasteiger partial charge in [0.05, 0.1) is 34.5 Å². The number of aromatic nitrogens is 2. The van der Waals surface area contributed by atoms with E-state index >= 15 is 0 Å². The first-order valence-electron chi connectivity index (χ1n) is 25.7. The van der Waals surface area contributed by atoms with E-state index in [0.29, 0.717) is 6.67 Å². The lowest BCUT2D eigenvalue weighted by atomic mass is 9.43. The van der Waals surface area contributed by atoms with Crippen LogP contribution in [0.25, 0.3) is 27.6 Å². The van der Waals surface area contributed by atoms with Crippen LogP contribution < -0.4 is 14.5 Å². The second kappa shape index (κ2) is 15.4. The predicted molar refractivity (Wildman–Crippen MR) is 296 cm³/mol. The van der Waals surface area contributed by atoms with E-state index in [-0.39, 0.29) is 17.3 Å². The zero-order valence-corrected chi connectivity index (χ0v) is 41.1. The van der Waals surface area contributed by atoms with Crippen LogP contribution in [0.1, 0.15) is 88.2 Å². The minimum atomic E-state index is -0.669. The van der Waals surface area contributed by atoms with Crippen molar-refractivity contribution >= 4 is 38.9 Å². The number of hydrogen-bond donors (Lipinski definition) is 0. The van der Waals surface area contributed by atoms with Gasteiger partial charge in [0.15, 0.2) is 0 Å². The van der Waals surface area contributed by atoms with Gasteiger partial charge in [-0.15, -0.1) is 0 Å². The molecule has 7 aliphatic rings. The molecule has 0 unspecified atom stereocenters. The number of fused-ring (bicyclic) bond motifs is 4. The first-order chi connectivity index (χ1) is 35.8. The zero-order valence-electron chi connectivity index (χ0n) is 41.1. The van der Waals surface area contributed by atoms with E-state index in [0.717, 1.165) is 45.1 Å². The molecule has 1 aliphatic heterocycles. The van der Waals surface area contributed by atoms with E-state index in [1.54, 1.807) is 0 Å². The molecule has 18 rings (SSSR count). The van der Waals surface area contributed by atoms with Crippen molar-refractivity contribution in [1.82, 2.24) is 9.55 Å². The van der Waals surface area contributed by atoms with Gasteiger partial charge in [-0.05, 0) is 116 Å². The average molecular weight is 941 g/mol. The van der Waals surface area contributed by atoms with Crippen LogP contribution in [0.4, 0.5) is 17.1 Å². The highest BCUT2D eigenvalue weighted by Crippen LogP contribution is 2.71. The Morgan fingerprint density at radius 2 is 1.05 bits per heavy atom. The molecule has 0 atom stereocenters. The third-order valence-electron chi connectivity index (χ3n) is 16.9. The van der Waals surface area contributed by atoms with Gasteiger partial charge >= 0.3 is 0 Å². The molecule has 4 bridgehead atoms. The van der Waals surface area contributed by atoms with Gasteiger partial charge < -0.3 is 14.5 Å². The van der Waals surface area contributed by atoms with E-state index in [2.05, 4.69) is 266 Å². The fraction of sp³-hybridized carbons (Fsp3) is 0.132. The van der Waals surface area contributed by atoms with Gasteiger partial charge in [-0.1, -0.05) is 185 Å².